The van der Waals surface area contributed by atoms with E-state index < -0.39 is 5.91 Å². The second-order valence-electron chi connectivity index (χ2n) is 4.92. The van der Waals surface area contributed by atoms with Crippen molar-refractivity contribution in [1.29, 1.82) is 0 Å². The maximum atomic E-state index is 11.2. The monoisotopic (exact) mass is 350 g/mol. The summed E-state index contributed by atoms with van der Waals surface area (Å²) in [6.07, 6.45) is 4.21. The second-order valence-corrected chi connectivity index (χ2v) is 5.83. The van der Waals surface area contributed by atoms with Crippen molar-refractivity contribution in [2.75, 3.05) is 6.54 Å². The average molecular weight is 351 g/mol. The summed E-state index contributed by atoms with van der Waals surface area (Å²) in [6.45, 7) is 5.19. The van der Waals surface area contributed by atoms with E-state index in [2.05, 4.69) is 46.3 Å². The van der Waals surface area contributed by atoms with Gasteiger partial charge in [0.15, 0.2) is 0 Å². The molecule has 0 radical (unpaired) electrons. The van der Waals surface area contributed by atoms with Crippen LogP contribution in [0.5, 0.6) is 0 Å². The minimum Gasteiger partial charge on any atom is -0.366 e. The fraction of sp³-hybridized carbons (Fsp3) is 0.333. The highest BCUT2D eigenvalue weighted by Crippen LogP contribution is 2.25. The molecule has 5 nitrogen and oxygen atoms in total. The molecular formula is C15H19BrN4O. The molecule has 1 amide bonds. The van der Waals surface area contributed by atoms with Crippen molar-refractivity contribution >= 4 is 21.8 Å². The molecular weight excluding hydrogens is 332 g/mol. The average Bonchev–Trinajstić information content (AvgIpc) is 2.94. The van der Waals surface area contributed by atoms with Gasteiger partial charge < -0.3 is 11.1 Å². The van der Waals surface area contributed by atoms with Crippen LogP contribution in [0, 0.1) is 0 Å². The summed E-state index contributed by atoms with van der Waals surface area (Å²) in [5, 5.41) is 7.70. The van der Waals surface area contributed by atoms with E-state index in [0.717, 1.165) is 28.7 Å². The van der Waals surface area contributed by atoms with Crippen molar-refractivity contribution in [2.45, 2.75) is 26.3 Å². The topological polar surface area (TPSA) is 72.9 Å². The third kappa shape index (κ3) is 3.71. The predicted molar refractivity (Wildman–Crippen MR) is 86.5 cm³/mol. The predicted octanol–water partition coefficient (Wildman–Crippen LogP) is 2.79. The molecule has 1 heterocycles. The highest BCUT2D eigenvalue weighted by molar-refractivity contribution is 9.10. The molecule has 1 aromatic carbocycles. The number of rotatable bonds is 6. The second kappa shape index (κ2) is 6.87. The Morgan fingerprint density at radius 2 is 2.29 bits per heavy atom. The number of amides is 1. The van der Waals surface area contributed by atoms with Crippen LogP contribution in [-0.4, -0.2) is 22.2 Å². The molecule has 0 saturated heterocycles. The number of nitrogens with one attached hydrogen (secondary N) is 1. The summed E-state index contributed by atoms with van der Waals surface area (Å²) in [4.78, 5) is 11.2. The van der Waals surface area contributed by atoms with E-state index in [0.29, 0.717) is 5.56 Å². The van der Waals surface area contributed by atoms with Crippen molar-refractivity contribution in [2.24, 2.45) is 5.73 Å². The molecule has 0 spiro atoms. The number of carbonyl (C=O) groups excluding carboxylic acids is 1. The minimum atomic E-state index is -0.475. The Bertz CT molecular complexity index is 638. The molecule has 112 valence electrons. The molecule has 0 aliphatic rings. The lowest BCUT2D eigenvalue weighted by Gasteiger charge is -2.18. The van der Waals surface area contributed by atoms with E-state index in [1.165, 1.54) is 6.20 Å². The molecule has 0 bridgehead atoms. The Labute approximate surface area is 132 Å². The van der Waals surface area contributed by atoms with E-state index in [1.54, 1.807) is 10.9 Å². The van der Waals surface area contributed by atoms with E-state index in [4.69, 9.17) is 5.73 Å². The zero-order valence-electron chi connectivity index (χ0n) is 12.1. The number of benzene rings is 1. The Hall–Kier alpha value is -1.66. The highest BCUT2D eigenvalue weighted by atomic mass is 79.9. The van der Waals surface area contributed by atoms with Crippen molar-refractivity contribution in [1.82, 2.24) is 15.1 Å². The van der Waals surface area contributed by atoms with Crippen LogP contribution < -0.4 is 11.1 Å². The molecule has 0 aliphatic carbocycles. The number of primary amides is 1. The Morgan fingerprint density at radius 3 is 2.90 bits per heavy atom. The Kier molecular flexibility index (Phi) is 5.14. The number of nitrogens with zero attached hydrogens (tertiary/aromatic N) is 2. The fourth-order valence-electron chi connectivity index (χ4n) is 2.13. The Balaban J connectivity index is 2.39. The van der Waals surface area contributed by atoms with Crippen molar-refractivity contribution in [3.8, 4) is 5.69 Å². The quantitative estimate of drug-likeness (QED) is 0.841. The van der Waals surface area contributed by atoms with Crippen LogP contribution in [0.15, 0.2) is 35.1 Å². The van der Waals surface area contributed by atoms with Gasteiger partial charge in [0.25, 0.3) is 5.91 Å². The van der Waals surface area contributed by atoms with Gasteiger partial charge in [-0.1, -0.05) is 22.9 Å². The smallest absolute Gasteiger partial charge is 0.251 e. The third-order valence-electron chi connectivity index (χ3n) is 3.27. The number of nitrogens with two attached hydrogens (primary N) is 1. The van der Waals surface area contributed by atoms with Crippen LogP contribution in [0.1, 0.15) is 42.2 Å². The molecule has 0 saturated carbocycles. The lowest BCUT2D eigenvalue weighted by molar-refractivity contribution is 0.100. The van der Waals surface area contributed by atoms with Crippen LogP contribution in [0.3, 0.4) is 0 Å². The van der Waals surface area contributed by atoms with Crippen LogP contribution in [-0.2, 0) is 0 Å². The normalized spacial score (nSPS) is 12.3. The van der Waals surface area contributed by atoms with E-state index in [-0.39, 0.29) is 6.04 Å². The molecule has 1 atom stereocenters. The minimum absolute atomic E-state index is 0.179. The highest BCUT2D eigenvalue weighted by Gasteiger charge is 2.14. The number of aromatic nitrogens is 2. The van der Waals surface area contributed by atoms with Gasteiger partial charge in [-0.2, -0.15) is 5.10 Å². The third-order valence-corrected chi connectivity index (χ3v) is 3.76. The first kappa shape index (κ1) is 15.7. The van der Waals surface area contributed by atoms with Crippen molar-refractivity contribution < 1.29 is 4.79 Å². The standard InChI is InChI=1S/C15H19BrN4O/c1-3-6-18-10(2)13-7-12(16)4-5-14(13)20-9-11(8-19-20)15(17)21/h4-5,7-10,18H,3,6H2,1-2H3,(H2,17,21). The molecule has 1 unspecified atom stereocenters. The van der Waals surface area contributed by atoms with Crippen LogP contribution in [0.25, 0.3) is 5.69 Å². The maximum absolute atomic E-state index is 11.2. The number of hydrogen-bond acceptors (Lipinski definition) is 3. The van der Waals surface area contributed by atoms with Crippen LogP contribution in [0.4, 0.5) is 0 Å². The van der Waals surface area contributed by atoms with Crippen molar-refractivity contribution in [3.63, 3.8) is 0 Å². The Morgan fingerprint density at radius 1 is 1.52 bits per heavy atom. The van der Waals surface area contributed by atoms with Gasteiger partial charge in [0.1, 0.15) is 0 Å². The molecule has 0 aliphatic heterocycles. The summed E-state index contributed by atoms with van der Waals surface area (Å²) >= 11 is 3.50. The summed E-state index contributed by atoms with van der Waals surface area (Å²) in [5.74, 6) is -0.475. The first-order valence-corrected chi connectivity index (χ1v) is 7.70. The van der Waals surface area contributed by atoms with Gasteiger partial charge in [0.2, 0.25) is 0 Å². The van der Waals surface area contributed by atoms with Crippen LogP contribution in [0.2, 0.25) is 0 Å². The first-order chi connectivity index (χ1) is 10.0. The van der Waals surface area contributed by atoms with Gasteiger partial charge in [-0.3, -0.25) is 4.79 Å². The summed E-state index contributed by atoms with van der Waals surface area (Å²) in [6, 6.07) is 6.17. The zero-order valence-corrected chi connectivity index (χ0v) is 13.7. The van der Waals surface area contributed by atoms with Crippen LogP contribution >= 0.6 is 15.9 Å². The molecule has 2 aromatic rings. The van der Waals surface area contributed by atoms with E-state index in [9.17, 15) is 4.79 Å². The van der Waals surface area contributed by atoms with Gasteiger partial charge in [-0.05, 0) is 43.7 Å². The lowest BCUT2D eigenvalue weighted by Crippen LogP contribution is -2.21. The first-order valence-electron chi connectivity index (χ1n) is 6.90. The lowest BCUT2D eigenvalue weighted by atomic mass is 10.1. The van der Waals surface area contributed by atoms with Gasteiger partial charge >= 0.3 is 0 Å². The zero-order chi connectivity index (χ0) is 15.4. The summed E-state index contributed by atoms with van der Waals surface area (Å²) < 4.78 is 2.69. The number of carbonyl (C=O) groups is 1. The largest absolute Gasteiger partial charge is 0.366 e. The molecule has 2 rings (SSSR count). The molecule has 3 N–H and O–H groups in total. The molecule has 1 aromatic heterocycles. The van der Waals surface area contributed by atoms with E-state index >= 15 is 0 Å². The van der Waals surface area contributed by atoms with Gasteiger partial charge in [0, 0.05) is 16.7 Å². The molecule has 6 heteroatoms. The summed E-state index contributed by atoms with van der Waals surface area (Å²) in [7, 11) is 0. The van der Waals surface area contributed by atoms with Gasteiger partial charge in [0.05, 0.1) is 17.4 Å². The summed E-state index contributed by atoms with van der Waals surface area (Å²) in [5.41, 5.74) is 7.72. The molecule has 0 fully saturated rings. The SMILES string of the molecule is CCCNC(C)c1cc(Br)ccc1-n1cc(C(N)=O)cn1. The maximum Gasteiger partial charge on any atom is 0.251 e. The molecule has 21 heavy (non-hydrogen) atoms. The van der Waals surface area contributed by atoms with Gasteiger partial charge in [-0.25, -0.2) is 4.68 Å². The van der Waals surface area contributed by atoms with Gasteiger partial charge in [-0.15, -0.1) is 0 Å². The number of halogens is 1. The van der Waals surface area contributed by atoms with Crippen molar-refractivity contribution in [3.05, 3.63) is 46.2 Å². The fourth-order valence-corrected chi connectivity index (χ4v) is 2.51. The number of hydrogen-bond donors (Lipinski definition) is 2. The van der Waals surface area contributed by atoms with E-state index in [1.807, 2.05) is 12.1 Å².